The van der Waals surface area contributed by atoms with E-state index in [1.54, 1.807) is 18.4 Å². The van der Waals surface area contributed by atoms with E-state index in [2.05, 4.69) is 0 Å². The van der Waals surface area contributed by atoms with Gasteiger partial charge >= 0.3 is 0 Å². The van der Waals surface area contributed by atoms with Crippen molar-refractivity contribution >= 4 is 10.8 Å². The predicted molar refractivity (Wildman–Crippen MR) is 46.1 cm³/mol. The zero-order chi connectivity index (χ0) is 8.97. The first kappa shape index (κ1) is 9.35. The van der Waals surface area contributed by atoms with Gasteiger partial charge in [-0.2, -0.15) is 0 Å². The number of aliphatic hydroxyl groups is 1. The summed E-state index contributed by atoms with van der Waals surface area (Å²) in [4.78, 5) is 0.809. The second-order valence-corrected chi connectivity index (χ2v) is 3.83. The highest BCUT2D eigenvalue weighted by Gasteiger charge is 2.01. The van der Waals surface area contributed by atoms with Crippen molar-refractivity contribution < 1.29 is 13.9 Å². The van der Waals surface area contributed by atoms with Gasteiger partial charge in [-0.3, -0.25) is 4.21 Å². The van der Waals surface area contributed by atoms with Crippen LogP contribution in [0.1, 0.15) is 0 Å². The number of rotatable bonds is 3. The summed E-state index contributed by atoms with van der Waals surface area (Å²) in [6, 6.07) is 3.59. The lowest BCUT2D eigenvalue weighted by Crippen LogP contribution is -2.34. The van der Waals surface area contributed by atoms with E-state index in [1.165, 1.54) is 0 Å². The first-order chi connectivity index (χ1) is 5.74. The highest BCUT2D eigenvalue weighted by molar-refractivity contribution is 7.84. The van der Waals surface area contributed by atoms with Gasteiger partial charge in [0.2, 0.25) is 0 Å². The maximum absolute atomic E-state index is 11.0. The first-order valence-corrected chi connectivity index (χ1v) is 5.23. The molecule has 0 aromatic carbocycles. The second-order valence-electron chi connectivity index (χ2n) is 2.45. The van der Waals surface area contributed by atoms with Crippen LogP contribution >= 0.6 is 0 Å². The molecule has 0 aliphatic carbocycles. The fraction of sp³-hybridized carbons (Fsp3) is 0.375. The van der Waals surface area contributed by atoms with Gasteiger partial charge in [0.1, 0.15) is 6.61 Å². The third-order valence-corrected chi connectivity index (χ3v) is 2.49. The van der Waals surface area contributed by atoms with E-state index in [-0.39, 0.29) is 6.61 Å². The highest BCUT2D eigenvalue weighted by atomic mass is 32.2. The summed E-state index contributed by atoms with van der Waals surface area (Å²) in [5.41, 5.74) is 0. The quantitative estimate of drug-likeness (QED) is 0.659. The van der Waals surface area contributed by atoms with Crippen molar-refractivity contribution in [2.45, 2.75) is 11.4 Å². The molecule has 0 spiro atoms. The van der Waals surface area contributed by atoms with Crippen molar-refractivity contribution in [1.82, 2.24) is 0 Å². The van der Waals surface area contributed by atoms with Crippen LogP contribution in [0.15, 0.2) is 29.4 Å². The van der Waals surface area contributed by atoms with Crippen molar-refractivity contribution in [3.05, 3.63) is 24.5 Å². The number of hydrogen-bond donors (Lipinski definition) is 1. The van der Waals surface area contributed by atoms with Gasteiger partial charge in [0.15, 0.2) is 18.9 Å². The SMILES string of the molecule is CS(=O)c1cc[n+](CCO)cc1. The minimum Gasteiger partial charge on any atom is -0.390 e. The smallest absolute Gasteiger partial charge is 0.171 e. The van der Waals surface area contributed by atoms with Crippen LogP contribution < -0.4 is 4.57 Å². The third kappa shape index (κ3) is 2.39. The Morgan fingerprint density at radius 1 is 1.50 bits per heavy atom. The van der Waals surface area contributed by atoms with Crippen LogP contribution in [0.4, 0.5) is 0 Å². The average Bonchev–Trinajstić information content (AvgIpc) is 2.06. The molecule has 1 rings (SSSR count). The van der Waals surface area contributed by atoms with Gasteiger partial charge in [-0.15, -0.1) is 0 Å². The summed E-state index contributed by atoms with van der Waals surface area (Å²) in [5, 5.41) is 8.62. The van der Waals surface area contributed by atoms with Gasteiger partial charge in [-0.05, 0) is 0 Å². The molecule has 1 aromatic heterocycles. The zero-order valence-corrected chi connectivity index (χ0v) is 7.75. The Labute approximate surface area is 74.1 Å². The number of aromatic nitrogens is 1. The molecule has 0 fully saturated rings. The van der Waals surface area contributed by atoms with Crippen molar-refractivity contribution in [3.63, 3.8) is 0 Å². The lowest BCUT2D eigenvalue weighted by molar-refractivity contribution is -0.698. The minimum atomic E-state index is -0.917. The molecule has 1 N–H and O–H groups in total. The van der Waals surface area contributed by atoms with Crippen LogP contribution in [0.2, 0.25) is 0 Å². The molecule has 1 unspecified atom stereocenters. The van der Waals surface area contributed by atoms with Crippen molar-refractivity contribution in [3.8, 4) is 0 Å². The molecule has 1 atom stereocenters. The Morgan fingerprint density at radius 2 is 2.08 bits per heavy atom. The van der Waals surface area contributed by atoms with Crippen molar-refractivity contribution in [2.75, 3.05) is 12.9 Å². The Balaban J connectivity index is 2.78. The third-order valence-electron chi connectivity index (χ3n) is 1.55. The lowest BCUT2D eigenvalue weighted by atomic mass is 10.5. The van der Waals surface area contributed by atoms with E-state index in [0.29, 0.717) is 6.54 Å². The molecule has 0 radical (unpaired) electrons. The van der Waals surface area contributed by atoms with Gasteiger partial charge < -0.3 is 5.11 Å². The van der Waals surface area contributed by atoms with Crippen molar-refractivity contribution in [2.24, 2.45) is 0 Å². The Morgan fingerprint density at radius 3 is 2.50 bits per heavy atom. The second kappa shape index (κ2) is 4.33. The monoisotopic (exact) mass is 186 g/mol. The van der Waals surface area contributed by atoms with Crippen LogP contribution in [0, 0.1) is 0 Å². The van der Waals surface area contributed by atoms with E-state index in [1.807, 2.05) is 17.0 Å². The maximum Gasteiger partial charge on any atom is 0.171 e. The molecular formula is C8H12NO2S+. The maximum atomic E-state index is 11.0. The van der Waals surface area contributed by atoms with Crippen LogP contribution in [0.3, 0.4) is 0 Å². The first-order valence-electron chi connectivity index (χ1n) is 3.67. The molecule has 0 aliphatic heterocycles. The van der Waals surface area contributed by atoms with Gasteiger partial charge in [0, 0.05) is 18.4 Å². The van der Waals surface area contributed by atoms with E-state index < -0.39 is 10.8 Å². The van der Waals surface area contributed by atoms with Gasteiger partial charge in [-0.1, -0.05) is 0 Å². The lowest BCUT2D eigenvalue weighted by Gasteiger charge is -1.94. The molecule has 0 saturated heterocycles. The van der Waals surface area contributed by atoms with Crippen LogP contribution in [-0.2, 0) is 17.3 Å². The fourth-order valence-corrected chi connectivity index (χ4v) is 1.40. The topological polar surface area (TPSA) is 41.2 Å². The molecule has 12 heavy (non-hydrogen) atoms. The molecule has 0 amide bonds. The molecular weight excluding hydrogens is 174 g/mol. The summed E-state index contributed by atoms with van der Waals surface area (Å²) in [6.45, 7) is 0.704. The molecule has 1 aromatic rings. The summed E-state index contributed by atoms with van der Waals surface area (Å²) >= 11 is 0. The Bertz CT molecular complexity index is 271. The summed E-state index contributed by atoms with van der Waals surface area (Å²) < 4.78 is 12.8. The Hall–Kier alpha value is -0.740. The minimum absolute atomic E-state index is 0.124. The van der Waals surface area contributed by atoms with E-state index in [0.717, 1.165) is 4.90 Å². The van der Waals surface area contributed by atoms with Crippen LogP contribution in [0.25, 0.3) is 0 Å². The number of nitrogens with zero attached hydrogens (tertiary/aromatic N) is 1. The molecule has 0 aliphatic rings. The van der Waals surface area contributed by atoms with Gasteiger partial charge in [0.25, 0.3) is 0 Å². The molecule has 66 valence electrons. The van der Waals surface area contributed by atoms with E-state index >= 15 is 0 Å². The summed E-state index contributed by atoms with van der Waals surface area (Å²) in [7, 11) is -0.917. The van der Waals surface area contributed by atoms with Crippen LogP contribution in [0.5, 0.6) is 0 Å². The summed E-state index contributed by atoms with van der Waals surface area (Å²) in [5.74, 6) is 0. The Kier molecular flexibility index (Phi) is 3.37. The molecule has 1 heterocycles. The largest absolute Gasteiger partial charge is 0.390 e. The van der Waals surface area contributed by atoms with Gasteiger partial charge in [-0.25, -0.2) is 4.57 Å². The highest BCUT2D eigenvalue weighted by Crippen LogP contribution is 1.99. The fourth-order valence-electron chi connectivity index (χ4n) is 0.900. The standard InChI is InChI=1S/C8H12NO2S/c1-12(11)8-2-4-9(5-3-8)6-7-10/h2-5,10H,6-7H2,1H3/q+1. The molecule has 3 nitrogen and oxygen atoms in total. The average molecular weight is 186 g/mol. The van der Waals surface area contributed by atoms with E-state index in [9.17, 15) is 4.21 Å². The number of aliphatic hydroxyl groups excluding tert-OH is 1. The van der Waals surface area contributed by atoms with Crippen molar-refractivity contribution in [1.29, 1.82) is 0 Å². The van der Waals surface area contributed by atoms with Gasteiger partial charge in [0.05, 0.1) is 15.7 Å². The normalized spacial score (nSPS) is 12.8. The summed E-state index contributed by atoms with van der Waals surface area (Å²) in [6.07, 6.45) is 5.27. The van der Waals surface area contributed by atoms with Crippen LogP contribution in [-0.4, -0.2) is 22.2 Å². The molecule has 4 heteroatoms. The number of hydrogen-bond acceptors (Lipinski definition) is 2. The number of pyridine rings is 1. The molecule has 0 bridgehead atoms. The zero-order valence-electron chi connectivity index (χ0n) is 6.93. The van der Waals surface area contributed by atoms with E-state index in [4.69, 9.17) is 5.11 Å². The predicted octanol–water partition coefficient (Wildman–Crippen LogP) is -0.296. The molecule has 0 saturated carbocycles.